The molecule has 0 bridgehead atoms. The zero-order valence-electron chi connectivity index (χ0n) is 19.4. The molecule has 35 heavy (non-hydrogen) atoms. The lowest BCUT2D eigenvalue weighted by atomic mass is 9.88. The Bertz CT molecular complexity index is 1260. The second kappa shape index (κ2) is 12.0. The Morgan fingerprint density at radius 3 is 2.37 bits per heavy atom. The number of carbonyl (C=O) groups is 2. The highest BCUT2D eigenvalue weighted by atomic mass is 32.2. The maximum Gasteiger partial charge on any atom is 0.307 e. The number of sulfonamides is 1. The van der Waals surface area contributed by atoms with Gasteiger partial charge in [-0.05, 0) is 48.4 Å². The van der Waals surface area contributed by atoms with Crippen molar-refractivity contribution in [2.45, 2.75) is 30.6 Å². The van der Waals surface area contributed by atoms with Crippen molar-refractivity contribution in [1.82, 2.24) is 5.32 Å². The number of ether oxygens (including phenoxy) is 1. The molecule has 0 fully saturated rings. The molecular formula is C26H29N3O5S. The third kappa shape index (κ3) is 7.58. The van der Waals surface area contributed by atoms with Gasteiger partial charge < -0.3 is 15.8 Å². The molecule has 1 atom stereocenters. The summed E-state index contributed by atoms with van der Waals surface area (Å²) in [5, 5.41) is 2.76. The van der Waals surface area contributed by atoms with E-state index in [-0.39, 0.29) is 42.1 Å². The number of nitrogens with two attached hydrogens (primary N) is 1. The Kier molecular flexibility index (Phi) is 8.86. The first-order chi connectivity index (χ1) is 16.8. The minimum atomic E-state index is -3.84. The molecule has 0 saturated carbocycles. The van der Waals surface area contributed by atoms with Crippen molar-refractivity contribution >= 4 is 33.3 Å². The van der Waals surface area contributed by atoms with E-state index in [0.717, 1.165) is 11.1 Å². The van der Waals surface area contributed by atoms with E-state index in [9.17, 15) is 18.0 Å². The summed E-state index contributed by atoms with van der Waals surface area (Å²) in [6, 6.07) is 22.5. The molecule has 184 valence electrons. The molecule has 8 nitrogen and oxygen atoms in total. The highest BCUT2D eigenvalue weighted by Gasteiger charge is 2.20. The second-order valence-electron chi connectivity index (χ2n) is 7.88. The summed E-state index contributed by atoms with van der Waals surface area (Å²) in [6.07, 6.45) is 0.217. The molecule has 0 aliphatic heterocycles. The number of hydrogen-bond acceptors (Lipinski definition) is 6. The lowest BCUT2D eigenvalue weighted by Crippen LogP contribution is -2.28. The third-order valence-corrected chi connectivity index (χ3v) is 6.64. The van der Waals surface area contributed by atoms with Crippen LogP contribution in [0.25, 0.3) is 0 Å². The molecule has 0 aliphatic rings. The van der Waals surface area contributed by atoms with Gasteiger partial charge in [-0.1, -0.05) is 48.5 Å². The van der Waals surface area contributed by atoms with Gasteiger partial charge in [0.2, 0.25) is 5.91 Å². The standard InChI is InChI=1S/C26H29N3O5S/c1-2-34-26(31)14-15-28-25(30)18-24(19-8-4-3-5-9-19)20-10-6-12-22(16-20)29-35(32,33)23-13-7-11-21(27)17-23/h3-13,16-17,24,29H,2,14-15,18,27H2,1H3,(H,28,30). The quantitative estimate of drug-likeness (QED) is 0.275. The predicted octanol–water partition coefficient (Wildman–Crippen LogP) is 3.66. The number of rotatable bonds is 11. The highest BCUT2D eigenvalue weighted by molar-refractivity contribution is 7.92. The zero-order chi connectivity index (χ0) is 25.3. The van der Waals surface area contributed by atoms with Gasteiger partial charge in [-0.2, -0.15) is 0 Å². The molecule has 0 aliphatic carbocycles. The van der Waals surface area contributed by atoms with E-state index in [1.807, 2.05) is 36.4 Å². The molecule has 0 spiro atoms. The number of amides is 1. The molecule has 3 rings (SSSR count). The van der Waals surface area contributed by atoms with Crippen LogP contribution in [0.2, 0.25) is 0 Å². The molecule has 0 saturated heterocycles. The molecule has 9 heteroatoms. The maximum atomic E-state index is 12.8. The summed E-state index contributed by atoms with van der Waals surface area (Å²) in [4.78, 5) is 24.3. The number of hydrogen-bond donors (Lipinski definition) is 3. The minimum Gasteiger partial charge on any atom is -0.466 e. The van der Waals surface area contributed by atoms with Crippen molar-refractivity contribution in [3.63, 3.8) is 0 Å². The van der Waals surface area contributed by atoms with E-state index >= 15 is 0 Å². The Hall–Kier alpha value is -3.85. The highest BCUT2D eigenvalue weighted by Crippen LogP contribution is 2.30. The van der Waals surface area contributed by atoms with Crippen LogP contribution in [-0.2, 0) is 24.3 Å². The van der Waals surface area contributed by atoms with Crippen LogP contribution >= 0.6 is 0 Å². The SMILES string of the molecule is CCOC(=O)CCNC(=O)CC(c1ccccc1)c1cccc(NS(=O)(=O)c2cccc(N)c2)c1. The lowest BCUT2D eigenvalue weighted by Gasteiger charge is -2.19. The average Bonchev–Trinajstić information content (AvgIpc) is 2.83. The summed E-state index contributed by atoms with van der Waals surface area (Å²) < 4.78 is 33.1. The molecule has 3 aromatic rings. The van der Waals surface area contributed by atoms with E-state index in [1.165, 1.54) is 12.1 Å². The third-order valence-electron chi connectivity index (χ3n) is 5.26. The van der Waals surface area contributed by atoms with Crippen LogP contribution in [-0.4, -0.2) is 33.4 Å². The largest absolute Gasteiger partial charge is 0.466 e. The van der Waals surface area contributed by atoms with Gasteiger partial charge >= 0.3 is 5.97 Å². The fourth-order valence-corrected chi connectivity index (χ4v) is 4.73. The van der Waals surface area contributed by atoms with Crippen LogP contribution in [0, 0.1) is 0 Å². The lowest BCUT2D eigenvalue weighted by molar-refractivity contribution is -0.143. The zero-order valence-corrected chi connectivity index (χ0v) is 20.3. The van der Waals surface area contributed by atoms with Crippen molar-refractivity contribution in [2.24, 2.45) is 0 Å². The van der Waals surface area contributed by atoms with Gasteiger partial charge in [0.25, 0.3) is 10.0 Å². The van der Waals surface area contributed by atoms with Crippen molar-refractivity contribution in [3.8, 4) is 0 Å². The normalized spacial score (nSPS) is 11.9. The second-order valence-corrected chi connectivity index (χ2v) is 9.56. The van der Waals surface area contributed by atoms with Crippen molar-refractivity contribution in [3.05, 3.63) is 90.0 Å². The average molecular weight is 496 g/mol. The molecular weight excluding hydrogens is 466 g/mol. The van der Waals surface area contributed by atoms with Crippen LogP contribution in [0.15, 0.2) is 83.8 Å². The maximum absolute atomic E-state index is 12.8. The number of nitrogens with one attached hydrogen (secondary N) is 2. The predicted molar refractivity (Wildman–Crippen MR) is 135 cm³/mol. The van der Waals surface area contributed by atoms with Gasteiger partial charge in [0.1, 0.15) is 0 Å². The van der Waals surface area contributed by atoms with Crippen molar-refractivity contribution < 1.29 is 22.7 Å². The van der Waals surface area contributed by atoms with Crippen molar-refractivity contribution in [1.29, 1.82) is 0 Å². The number of benzene rings is 3. The monoisotopic (exact) mass is 495 g/mol. The first-order valence-corrected chi connectivity index (χ1v) is 12.7. The molecule has 0 heterocycles. The first-order valence-electron chi connectivity index (χ1n) is 11.2. The van der Waals surface area contributed by atoms with E-state index in [2.05, 4.69) is 10.0 Å². The first kappa shape index (κ1) is 25.8. The van der Waals surface area contributed by atoms with Crippen LogP contribution in [0.1, 0.15) is 36.8 Å². The van der Waals surface area contributed by atoms with Gasteiger partial charge in [-0.15, -0.1) is 0 Å². The Balaban J connectivity index is 1.79. The summed E-state index contributed by atoms with van der Waals surface area (Å²) in [7, 11) is -3.84. The fourth-order valence-electron chi connectivity index (χ4n) is 3.62. The fraction of sp³-hybridized carbons (Fsp3) is 0.231. The summed E-state index contributed by atoms with van der Waals surface area (Å²) in [6.45, 7) is 2.20. The van der Waals surface area contributed by atoms with Gasteiger partial charge in [0.05, 0.1) is 17.9 Å². The Morgan fingerprint density at radius 2 is 1.66 bits per heavy atom. The molecule has 1 unspecified atom stereocenters. The van der Waals surface area contributed by atoms with E-state index in [1.54, 1.807) is 37.3 Å². The summed E-state index contributed by atoms with van der Waals surface area (Å²) >= 11 is 0. The molecule has 0 radical (unpaired) electrons. The van der Waals surface area contributed by atoms with Crippen molar-refractivity contribution in [2.75, 3.05) is 23.6 Å². The minimum absolute atomic E-state index is 0.0588. The topological polar surface area (TPSA) is 128 Å². The molecule has 1 amide bonds. The molecule has 4 N–H and O–H groups in total. The number of nitrogen functional groups attached to an aromatic ring is 1. The van der Waals surface area contributed by atoms with E-state index in [0.29, 0.717) is 18.0 Å². The van der Waals surface area contributed by atoms with E-state index in [4.69, 9.17) is 10.5 Å². The van der Waals surface area contributed by atoms with Crippen LogP contribution in [0.3, 0.4) is 0 Å². The van der Waals surface area contributed by atoms with Gasteiger partial charge in [-0.3, -0.25) is 14.3 Å². The Morgan fingerprint density at radius 1 is 0.943 bits per heavy atom. The number of carbonyl (C=O) groups excluding carboxylic acids is 2. The van der Waals surface area contributed by atoms with Crippen LogP contribution in [0.4, 0.5) is 11.4 Å². The van der Waals surface area contributed by atoms with Gasteiger partial charge in [-0.25, -0.2) is 8.42 Å². The smallest absolute Gasteiger partial charge is 0.307 e. The van der Waals surface area contributed by atoms with Crippen LogP contribution < -0.4 is 15.8 Å². The van der Waals surface area contributed by atoms with Crippen LogP contribution in [0.5, 0.6) is 0 Å². The Labute approximate surface area is 205 Å². The number of esters is 1. The summed E-state index contributed by atoms with van der Waals surface area (Å²) in [5.41, 5.74) is 8.12. The number of anilines is 2. The summed E-state index contributed by atoms with van der Waals surface area (Å²) in [5.74, 6) is -0.919. The molecule has 3 aromatic carbocycles. The molecule has 0 aromatic heterocycles. The van der Waals surface area contributed by atoms with Gasteiger partial charge in [0, 0.05) is 30.3 Å². The van der Waals surface area contributed by atoms with E-state index < -0.39 is 10.0 Å². The van der Waals surface area contributed by atoms with Gasteiger partial charge in [0.15, 0.2) is 0 Å².